The van der Waals surface area contributed by atoms with Crippen molar-refractivity contribution in [2.24, 2.45) is 17.6 Å². The average Bonchev–Trinajstić information content (AvgIpc) is 3.51. The number of aldehydes is 1. The topological polar surface area (TPSA) is 179 Å². The SMILES string of the molecule is CC(C)C[C@H](CP(=O)(O)[C@@H](N)CCc1ccccc1)C(=O)N[C@H](C(=O)N[C@@H](Cc1ccccc1)C(=O)N1CCC[C@H]1C=O)[C@@H](C)O. The van der Waals surface area contributed by atoms with Crippen molar-refractivity contribution in [1.29, 1.82) is 0 Å². The van der Waals surface area contributed by atoms with Crippen molar-refractivity contribution in [2.75, 3.05) is 12.7 Å². The maximum Gasteiger partial charge on any atom is 0.246 e. The number of carbonyl (C=O) groups excluding carboxylic acids is 4. The third-order valence-electron chi connectivity index (χ3n) is 8.40. The highest BCUT2D eigenvalue weighted by molar-refractivity contribution is 7.58. The van der Waals surface area contributed by atoms with Crippen molar-refractivity contribution >= 4 is 31.4 Å². The van der Waals surface area contributed by atoms with E-state index < -0.39 is 61.0 Å². The van der Waals surface area contributed by atoms with Gasteiger partial charge in [-0.15, -0.1) is 0 Å². The predicted octanol–water partition coefficient (Wildman–Crippen LogP) is 2.62. The van der Waals surface area contributed by atoms with Crippen LogP contribution in [0.2, 0.25) is 0 Å². The van der Waals surface area contributed by atoms with Crippen LogP contribution in [0.4, 0.5) is 0 Å². The number of aryl methyl sites for hydroxylation is 1. The summed E-state index contributed by atoms with van der Waals surface area (Å²) in [5, 5.41) is 15.9. The predicted molar refractivity (Wildman–Crippen MR) is 177 cm³/mol. The summed E-state index contributed by atoms with van der Waals surface area (Å²) < 4.78 is 13.4. The Kier molecular flexibility index (Phi) is 14.1. The van der Waals surface area contributed by atoms with Crippen LogP contribution in [0.3, 0.4) is 0 Å². The number of benzene rings is 2. The number of rotatable bonds is 17. The number of aliphatic hydroxyl groups is 1. The number of aliphatic hydroxyl groups excluding tert-OH is 1. The molecule has 1 aliphatic rings. The molecule has 2 aromatic carbocycles. The third kappa shape index (κ3) is 10.9. The maximum atomic E-state index is 13.6. The van der Waals surface area contributed by atoms with Gasteiger partial charge in [-0.3, -0.25) is 18.9 Å². The highest BCUT2D eigenvalue weighted by atomic mass is 31.2. The quantitative estimate of drug-likeness (QED) is 0.127. The molecular formula is C34H49N4O7P. The molecule has 0 bridgehead atoms. The lowest BCUT2D eigenvalue weighted by molar-refractivity contribution is -0.140. The van der Waals surface area contributed by atoms with E-state index in [9.17, 15) is 33.7 Å². The molecule has 2 aromatic rings. The summed E-state index contributed by atoms with van der Waals surface area (Å²) >= 11 is 0. The molecule has 1 unspecified atom stereocenters. The van der Waals surface area contributed by atoms with Crippen molar-refractivity contribution in [3.05, 3.63) is 71.8 Å². The Labute approximate surface area is 271 Å². The van der Waals surface area contributed by atoms with Crippen LogP contribution < -0.4 is 16.4 Å². The summed E-state index contributed by atoms with van der Waals surface area (Å²) in [7, 11) is -4.00. The van der Waals surface area contributed by atoms with E-state index in [4.69, 9.17) is 5.73 Å². The largest absolute Gasteiger partial charge is 0.391 e. The molecule has 0 aliphatic carbocycles. The normalized spacial score (nSPS) is 19.4. The first-order chi connectivity index (χ1) is 21.8. The molecule has 7 atom stereocenters. The van der Waals surface area contributed by atoms with Crippen LogP contribution in [0.25, 0.3) is 0 Å². The van der Waals surface area contributed by atoms with E-state index >= 15 is 0 Å². The van der Waals surface area contributed by atoms with Crippen molar-refractivity contribution in [1.82, 2.24) is 15.5 Å². The molecule has 0 spiro atoms. The number of nitrogens with zero attached hydrogens (tertiary/aromatic N) is 1. The number of nitrogens with one attached hydrogen (secondary N) is 2. The zero-order valence-corrected chi connectivity index (χ0v) is 27.9. The first-order valence-corrected chi connectivity index (χ1v) is 17.9. The van der Waals surface area contributed by atoms with Crippen LogP contribution >= 0.6 is 7.37 Å². The molecule has 12 heteroatoms. The van der Waals surface area contributed by atoms with Gasteiger partial charge in [0.1, 0.15) is 18.4 Å². The molecule has 6 N–H and O–H groups in total. The summed E-state index contributed by atoms with van der Waals surface area (Å²) in [6, 6.07) is 15.5. The standard InChI is InChI=1S/C34H49N4O7P/c1-23(2)19-27(22-46(44,45)30(35)17-16-25-11-6-4-7-12-25)32(41)37-31(24(3)40)33(42)36-29(20-26-13-8-5-9-14-26)34(43)38-18-10-15-28(38)21-39/h4-9,11-14,21,23-24,27-31,40H,10,15-20,22,35H2,1-3H3,(H,36,42)(H,37,41)(H,44,45)/t24-,27-,28+,29+,30-,31+/m1/s1. The van der Waals surface area contributed by atoms with Gasteiger partial charge in [0.05, 0.1) is 17.9 Å². The molecule has 1 fully saturated rings. The fraction of sp³-hybridized carbons (Fsp3) is 0.529. The lowest BCUT2D eigenvalue weighted by Crippen LogP contribution is -2.59. The minimum atomic E-state index is -4.00. The van der Waals surface area contributed by atoms with Crippen molar-refractivity contribution in [3.63, 3.8) is 0 Å². The van der Waals surface area contributed by atoms with Crippen molar-refractivity contribution < 1.29 is 33.7 Å². The third-order valence-corrected chi connectivity index (χ3v) is 10.7. The van der Waals surface area contributed by atoms with Gasteiger partial charge in [-0.05, 0) is 56.1 Å². The van der Waals surface area contributed by atoms with Crippen LogP contribution in [-0.4, -0.2) is 81.6 Å². The van der Waals surface area contributed by atoms with Crippen molar-refractivity contribution in [2.45, 2.75) is 89.3 Å². The minimum Gasteiger partial charge on any atom is -0.391 e. The number of likely N-dealkylation sites (tertiary alicyclic amines) is 1. The summed E-state index contributed by atoms with van der Waals surface area (Å²) in [6.07, 6.45) is 1.36. The lowest BCUT2D eigenvalue weighted by atomic mass is 9.97. The average molecular weight is 657 g/mol. The van der Waals surface area contributed by atoms with Crippen LogP contribution in [0.5, 0.6) is 0 Å². The van der Waals surface area contributed by atoms with Gasteiger partial charge in [0.15, 0.2) is 0 Å². The second-order valence-corrected chi connectivity index (χ2v) is 15.3. The number of hydrogen-bond donors (Lipinski definition) is 5. The number of carbonyl (C=O) groups is 4. The van der Waals surface area contributed by atoms with E-state index in [1.54, 1.807) is 0 Å². The van der Waals surface area contributed by atoms with Gasteiger partial charge < -0.3 is 36.1 Å². The highest BCUT2D eigenvalue weighted by Gasteiger charge is 2.38. The molecule has 11 nitrogen and oxygen atoms in total. The van der Waals surface area contributed by atoms with Gasteiger partial charge in [-0.25, -0.2) is 0 Å². The Bertz CT molecular complexity index is 1340. The monoisotopic (exact) mass is 656 g/mol. The zero-order chi connectivity index (χ0) is 33.9. The van der Waals surface area contributed by atoms with Crippen LogP contribution in [0, 0.1) is 11.8 Å². The number of amides is 3. The summed E-state index contributed by atoms with van der Waals surface area (Å²) in [6.45, 7) is 5.48. The first-order valence-electron chi connectivity index (χ1n) is 16.0. The smallest absolute Gasteiger partial charge is 0.246 e. The van der Waals surface area contributed by atoms with Gasteiger partial charge in [0.2, 0.25) is 25.1 Å². The second-order valence-electron chi connectivity index (χ2n) is 12.7. The Morgan fingerprint density at radius 3 is 2.17 bits per heavy atom. The Balaban J connectivity index is 1.75. The summed E-state index contributed by atoms with van der Waals surface area (Å²) in [5.41, 5.74) is 7.95. The molecule has 1 heterocycles. The fourth-order valence-corrected chi connectivity index (χ4v) is 7.59. The molecule has 0 radical (unpaired) electrons. The van der Waals surface area contributed by atoms with Crippen LogP contribution in [0.1, 0.15) is 57.6 Å². The molecule has 46 heavy (non-hydrogen) atoms. The molecule has 3 amide bonds. The minimum absolute atomic E-state index is 0.0192. The molecule has 0 saturated carbocycles. The van der Waals surface area contributed by atoms with E-state index in [1.807, 2.05) is 74.5 Å². The molecule has 3 rings (SSSR count). The van der Waals surface area contributed by atoms with Crippen molar-refractivity contribution in [3.8, 4) is 0 Å². The Morgan fingerprint density at radius 2 is 1.61 bits per heavy atom. The molecular weight excluding hydrogens is 607 g/mol. The molecule has 1 saturated heterocycles. The maximum absolute atomic E-state index is 13.6. The Hall–Kier alpha value is -3.37. The van der Waals surface area contributed by atoms with E-state index in [0.29, 0.717) is 25.8 Å². The molecule has 1 aliphatic heterocycles. The Morgan fingerprint density at radius 1 is 1.00 bits per heavy atom. The van der Waals surface area contributed by atoms with Gasteiger partial charge in [0, 0.05) is 25.0 Å². The number of hydrogen-bond acceptors (Lipinski definition) is 7. The van der Waals surface area contributed by atoms with E-state index in [2.05, 4.69) is 10.6 Å². The summed E-state index contributed by atoms with van der Waals surface area (Å²) in [4.78, 5) is 64.8. The van der Waals surface area contributed by atoms with Gasteiger partial charge in [-0.2, -0.15) is 0 Å². The second kappa shape index (κ2) is 17.5. The fourth-order valence-electron chi connectivity index (χ4n) is 5.84. The van der Waals surface area contributed by atoms with E-state index in [-0.39, 0.29) is 31.3 Å². The molecule has 252 valence electrons. The summed E-state index contributed by atoms with van der Waals surface area (Å²) in [5.74, 6) is -3.88. The van der Waals surface area contributed by atoms with Gasteiger partial charge >= 0.3 is 0 Å². The highest BCUT2D eigenvalue weighted by Crippen LogP contribution is 2.48. The van der Waals surface area contributed by atoms with Gasteiger partial charge in [0.25, 0.3) is 0 Å². The van der Waals surface area contributed by atoms with E-state index in [0.717, 1.165) is 17.4 Å². The lowest BCUT2D eigenvalue weighted by Gasteiger charge is -2.30. The van der Waals surface area contributed by atoms with Gasteiger partial charge in [-0.1, -0.05) is 74.5 Å². The first kappa shape index (κ1) is 37.1. The van der Waals surface area contributed by atoms with Crippen LogP contribution in [0.15, 0.2) is 60.7 Å². The van der Waals surface area contributed by atoms with E-state index in [1.165, 1.54) is 11.8 Å². The number of nitrogens with two attached hydrogens (primary N) is 1. The zero-order valence-electron chi connectivity index (χ0n) is 27.0. The molecule has 0 aromatic heterocycles. The van der Waals surface area contributed by atoms with Crippen LogP contribution in [-0.2, 0) is 36.6 Å².